The molecule has 0 fully saturated rings. The summed E-state index contributed by atoms with van der Waals surface area (Å²) in [6.45, 7) is 3.38. The molecule has 0 radical (unpaired) electrons. The number of hydrogen-bond acceptors (Lipinski definition) is 3. The maximum absolute atomic E-state index is 10.9. The number of amides is 2. The van der Waals surface area contributed by atoms with Gasteiger partial charge in [-0.3, -0.25) is 9.59 Å². The van der Waals surface area contributed by atoms with E-state index in [1.54, 1.807) is 0 Å². The van der Waals surface area contributed by atoms with Crippen LogP contribution in [0.3, 0.4) is 0 Å². The van der Waals surface area contributed by atoms with E-state index in [1.807, 2.05) is 0 Å². The number of carbonyl (C=O) groups excluding carboxylic acids is 2. The molecule has 0 aromatic carbocycles. The molecule has 0 N–H and O–H groups in total. The van der Waals surface area contributed by atoms with E-state index in [4.69, 9.17) is 0 Å². The van der Waals surface area contributed by atoms with Crippen molar-refractivity contribution in [3.8, 4) is 0 Å². The van der Waals surface area contributed by atoms with Crippen LogP contribution < -0.4 is 0 Å². The van der Waals surface area contributed by atoms with Crippen LogP contribution in [0, 0.1) is 0 Å². The molecule has 1 rings (SSSR count). The van der Waals surface area contributed by atoms with E-state index in [2.05, 4.69) is 11.3 Å². The Morgan fingerprint density at radius 3 is 2.27 bits per heavy atom. The number of rotatable bonds is 2. The molecule has 0 aliphatic carbocycles. The number of nitrogens with zero attached hydrogens (tertiary/aromatic N) is 1. The van der Waals surface area contributed by atoms with Crippen molar-refractivity contribution < 1.29 is 14.3 Å². The van der Waals surface area contributed by atoms with Crippen molar-refractivity contribution in [3.63, 3.8) is 0 Å². The summed E-state index contributed by atoms with van der Waals surface area (Å²) in [6.07, 6.45) is 2.35. The molecule has 4 nitrogen and oxygen atoms in total. The topological polar surface area (TPSA) is 46.6 Å². The monoisotopic (exact) mass is 153 g/mol. The second kappa shape index (κ2) is 2.57. The molecule has 0 saturated heterocycles. The van der Waals surface area contributed by atoms with Gasteiger partial charge in [-0.25, -0.2) is 4.90 Å². The summed E-state index contributed by atoms with van der Waals surface area (Å²) in [7, 11) is 1.35. The van der Waals surface area contributed by atoms with E-state index in [0.717, 1.165) is 4.90 Å². The minimum Gasteiger partial charge on any atom is -0.482 e. The van der Waals surface area contributed by atoms with Crippen LogP contribution in [0.15, 0.2) is 24.6 Å². The van der Waals surface area contributed by atoms with Crippen molar-refractivity contribution in [1.82, 2.24) is 4.90 Å². The van der Waals surface area contributed by atoms with Crippen molar-refractivity contribution in [1.29, 1.82) is 0 Å². The van der Waals surface area contributed by atoms with Crippen molar-refractivity contribution in [2.75, 3.05) is 7.11 Å². The minimum absolute atomic E-state index is 0.0463. The quantitative estimate of drug-likeness (QED) is 0.415. The third kappa shape index (κ3) is 1.14. The van der Waals surface area contributed by atoms with Gasteiger partial charge in [0.25, 0.3) is 11.8 Å². The van der Waals surface area contributed by atoms with Gasteiger partial charge < -0.3 is 4.74 Å². The summed E-state index contributed by atoms with van der Waals surface area (Å²) >= 11 is 0. The second-order valence-corrected chi connectivity index (χ2v) is 1.94. The zero-order chi connectivity index (χ0) is 8.43. The molecule has 4 heteroatoms. The van der Waals surface area contributed by atoms with Gasteiger partial charge in [-0.1, -0.05) is 0 Å². The van der Waals surface area contributed by atoms with Gasteiger partial charge in [0.1, 0.15) is 0 Å². The molecular weight excluding hydrogens is 146 g/mol. The van der Waals surface area contributed by atoms with Crippen molar-refractivity contribution >= 4 is 11.8 Å². The van der Waals surface area contributed by atoms with E-state index < -0.39 is 11.8 Å². The Balaban J connectivity index is 2.82. The van der Waals surface area contributed by atoms with E-state index in [9.17, 15) is 9.59 Å². The van der Waals surface area contributed by atoms with Gasteiger partial charge in [0.2, 0.25) is 0 Å². The fourth-order valence-electron chi connectivity index (χ4n) is 0.737. The van der Waals surface area contributed by atoms with Crippen LogP contribution in [0.5, 0.6) is 0 Å². The first-order valence-corrected chi connectivity index (χ1v) is 2.96. The molecular formula is C7H7NO3. The Kier molecular flexibility index (Phi) is 1.76. The SMILES string of the molecule is C=C(OC)N1C(=O)C=CC1=O. The van der Waals surface area contributed by atoms with E-state index in [1.165, 1.54) is 19.3 Å². The van der Waals surface area contributed by atoms with Crippen molar-refractivity contribution in [2.24, 2.45) is 0 Å². The van der Waals surface area contributed by atoms with Gasteiger partial charge in [0, 0.05) is 12.2 Å². The Hall–Kier alpha value is -1.58. The molecule has 0 spiro atoms. The van der Waals surface area contributed by atoms with Gasteiger partial charge in [-0.2, -0.15) is 0 Å². The lowest BCUT2D eigenvalue weighted by Gasteiger charge is -2.13. The highest BCUT2D eigenvalue weighted by Gasteiger charge is 2.26. The Morgan fingerprint density at radius 2 is 1.91 bits per heavy atom. The van der Waals surface area contributed by atoms with Gasteiger partial charge in [0.15, 0.2) is 5.88 Å². The Labute approximate surface area is 63.7 Å². The van der Waals surface area contributed by atoms with Gasteiger partial charge in [0.05, 0.1) is 7.11 Å². The molecule has 0 unspecified atom stereocenters. The average molecular weight is 153 g/mol. The highest BCUT2D eigenvalue weighted by molar-refractivity contribution is 6.14. The predicted octanol–water partition coefficient (Wildman–Crippen LogP) is 0.0290. The summed E-state index contributed by atoms with van der Waals surface area (Å²) in [5.74, 6) is -0.784. The average Bonchev–Trinajstić information content (AvgIpc) is 2.30. The summed E-state index contributed by atoms with van der Waals surface area (Å²) in [6, 6.07) is 0. The number of hydrogen-bond donors (Lipinski definition) is 0. The van der Waals surface area contributed by atoms with E-state index in [0.29, 0.717) is 0 Å². The number of imide groups is 1. The lowest BCUT2D eigenvalue weighted by atomic mass is 10.6. The van der Waals surface area contributed by atoms with Gasteiger partial charge in [-0.15, -0.1) is 0 Å². The highest BCUT2D eigenvalue weighted by Crippen LogP contribution is 2.10. The molecule has 1 aliphatic rings. The molecule has 11 heavy (non-hydrogen) atoms. The van der Waals surface area contributed by atoms with Gasteiger partial charge >= 0.3 is 0 Å². The number of methoxy groups -OCH3 is 1. The summed E-state index contributed by atoms with van der Waals surface area (Å²) in [4.78, 5) is 22.6. The van der Waals surface area contributed by atoms with Crippen LogP contribution in [-0.2, 0) is 14.3 Å². The lowest BCUT2D eigenvalue weighted by molar-refractivity contribution is -0.137. The molecule has 0 saturated carbocycles. The molecule has 0 atom stereocenters. The molecule has 1 heterocycles. The van der Waals surface area contributed by atoms with E-state index in [-0.39, 0.29) is 5.88 Å². The molecule has 0 bridgehead atoms. The van der Waals surface area contributed by atoms with Crippen LogP contribution in [0.25, 0.3) is 0 Å². The first-order chi connectivity index (χ1) is 5.16. The molecule has 58 valence electrons. The largest absolute Gasteiger partial charge is 0.482 e. The molecule has 0 aromatic rings. The Bertz CT molecular complexity index is 236. The zero-order valence-corrected chi connectivity index (χ0v) is 6.03. The normalized spacial score (nSPS) is 15.9. The van der Waals surface area contributed by atoms with Crippen LogP contribution in [0.1, 0.15) is 0 Å². The predicted molar refractivity (Wildman–Crippen MR) is 37.1 cm³/mol. The molecule has 2 amide bonds. The molecule has 0 aromatic heterocycles. The Morgan fingerprint density at radius 1 is 1.45 bits per heavy atom. The van der Waals surface area contributed by atoms with Crippen LogP contribution >= 0.6 is 0 Å². The van der Waals surface area contributed by atoms with Crippen molar-refractivity contribution in [3.05, 3.63) is 24.6 Å². The van der Waals surface area contributed by atoms with E-state index >= 15 is 0 Å². The maximum Gasteiger partial charge on any atom is 0.260 e. The smallest absolute Gasteiger partial charge is 0.260 e. The fraction of sp³-hybridized carbons (Fsp3) is 0.143. The second-order valence-electron chi connectivity index (χ2n) is 1.94. The summed E-state index contributed by atoms with van der Waals surface area (Å²) in [5, 5.41) is 0. The minimum atomic E-state index is -0.415. The first kappa shape index (κ1) is 7.53. The first-order valence-electron chi connectivity index (χ1n) is 2.96. The maximum atomic E-state index is 10.9. The summed E-state index contributed by atoms with van der Waals surface area (Å²) < 4.78 is 4.62. The molecule has 1 aliphatic heterocycles. The lowest BCUT2D eigenvalue weighted by Crippen LogP contribution is -2.29. The van der Waals surface area contributed by atoms with Crippen LogP contribution in [-0.4, -0.2) is 23.8 Å². The zero-order valence-electron chi connectivity index (χ0n) is 6.03. The van der Waals surface area contributed by atoms with Crippen LogP contribution in [0.2, 0.25) is 0 Å². The highest BCUT2D eigenvalue weighted by atomic mass is 16.5. The third-order valence-corrected chi connectivity index (χ3v) is 1.29. The van der Waals surface area contributed by atoms with Crippen molar-refractivity contribution in [2.45, 2.75) is 0 Å². The summed E-state index contributed by atoms with van der Waals surface area (Å²) in [5.41, 5.74) is 0. The van der Waals surface area contributed by atoms with Gasteiger partial charge in [-0.05, 0) is 6.58 Å². The third-order valence-electron chi connectivity index (χ3n) is 1.29. The number of ether oxygens (including phenoxy) is 1. The fourth-order valence-corrected chi connectivity index (χ4v) is 0.737. The number of carbonyl (C=O) groups is 2. The van der Waals surface area contributed by atoms with Crippen LogP contribution in [0.4, 0.5) is 0 Å². The standard InChI is InChI=1S/C7H7NO3/c1-5(11-2)8-6(9)3-4-7(8)10/h3-4H,1H2,2H3.